The fraction of sp³-hybridized carbons (Fsp3) is 0.455. The van der Waals surface area contributed by atoms with Crippen molar-refractivity contribution in [1.82, 2.24) is 24.9 Å². The Bertz CT molecular complexity index is 1060. The summed E-state index contributed by atoms with van der Waals surface area (Å²) in [6, 6.07) is 9.17. The number of benzene rings is 1. The Morgan fingerprint density at radius 1 is 1.26 bits per heavy atom. The molecular weight excluding hydrogens is 396 g/mol. The van der Waals surface area contributed by atoms with Crippen LogP contribution in [0.5, 0.6) is 5.75 Å². The number of likely N-dealkylation sites (tertiary alicyclic amines) is 1. The van der Waals surface area contributed by atoms with Crippen LogP contribution >= 0.6 is 0 Å². The number of nitrogen functional groups attached to an aromatic ring is 1. The number of rotatable bonds is 7. The number of para-hydroxylation sites is 1. The number of aromatic hydroxyl groups is 1. The van der Waals surface area contributed by atoms with Crippen LogP contribution in [-0.4, -0.2) is 62.2 Å². The first-order chi connectivity index (χ1) is 15.1. The van der Waals surface area contributed by atoms with Crippen molar-refractivity contribution >= 4 is 22.8 Å². The highest BCUT2D eigenvalue weighted by Gasteiger charge is 2.24. The van der Waals surface area contributed by atoms with E-state index in [0.29, 0.717) is 35.6 Å². The van der Waals surface area contributed by atoms with E-state index in [1.807, 2.05) is 29.8 Å². The Kier molecular flexibility index (Phi) is 6.31. The number of nitrogens with zero attached hydrogens (tertiary/aromatic N) is 5. The van der Waals surface area contributed by atoms with Gasteiger partial charge in [-0.1, -0.05) is 12.1 Å². The van der Waals surface area contributed by atoms with E-state index in [0.717, 1.165) is 44.4 Å². The summed E-state index contributed by atoms with van der Waals surface area (Å²) >= 11 is 0. The zero-order chi connectivity index (χ0) is 21.8. The van der Waals surface area contributed by atoms with E-state index in [-0.39, 0.29) is 17.8 Å². The molecule has 0 amide bonds. The molecule has 2 aromatic heterocycles. The summed E-state index contributed by atoms with van der Waals surface area (Å²) in [5.41, 5.74) is 8.73. The van der Waals surface area contributed by atoms with Crippen molar-refractivity contribution in [3.8, 4) is 17.0 Å². The van der Waals surface area contributed by atoms with Gasteiger partial charge < -0.3 is 20.5 Å². The number of nitrogens with two attached hydrogens (primary N) is 1. The molecule has 3 heterocycles. The summed E-state index contributed by atoms with van der Waals surface area (Å²) < 4.78 is 6.95. The van der Waals surface area contributed by atoms with Crippen LogP contribution in [0.1, 0.15) is 38.6 Å². The third-order valence-corrected chi connectivity index (χ3v) is 5.72. The fourth-order valence-corrected chi connectivity index (χ4v) is 4.12. The number of esters is 1. The normalized spacial score (nSPS) is 15.4. The van der Waals surface area contributed by atoms with Gasteiger partial charge in [0.1, 0.15) is 5.75 Å². The number of ether oxygens (including phenoxy) is 1. The maximum absolute atomic E-state index is 11.5. The minimum atomic E-state index is -0.128. The lowest BCUT2D eigenvalue weighted by Gasteiger charge is -2.32. The molecule has 3 N–H and O–H groups in total. The third-order valence-electron chi connectivity index (χ3n) is 5.72. The SMILES string of the molecule is CCOC(=O)CCCN1CCC(n2nc(N)c3nnc(-c4ccccc4O)cc32)CC1. The Hall–Kier alpha value is -3.20. The molecule has 0 radical (unpaired) electrons. The largest absolute Gasteiger partial charge is 0.507 e. The Morgan fingerprint density at radius 3 is 2.77 bits per heavy atom. The van der Waals surface area contributed by atoms with Crippen LogP contribution in [0.25, 0.3) is 22.3 Å². The second-order valence-electron chi connectivity index (χ2n) is 7.79. The standard InChI is InChI=1S/C22H28N6O3/c1-2-31-20(30)8-5-11-27-12-9-15(10-13-27)28-18-14-17(16-6-3-4-7-19(16)29)24-25-21(18)22(23)26-28/h3-4,6-7,14-15,29H,2,5,8-13H2,1H3,(H2,23,26). The van der Waals surface area contributed by atoms with Crippen LogP contribution in [-0.2, 0) is 9.53 Å². The number of carbonyl (C=O) groups excluding carboxylic acids is 1. The second-order valence-corrected chi connectivity index (χ2v) is 7.79. The van der Waals surface area contributed by atoms with Crippen LogP contribution in [0.15, 0.2) is 30.3 Å². The third kappa shape index (κ3) is 4.61. The summed E-state index contributed by atoms with van der Waals surface area (Å²) in [4.78, 5) is 13.9. The Balaban J connectivity index is 1.46. The smallest absolute Gasteiger partial charge is 0.305 e. The van der Waals surface area contributed by atoms with Crippen LogP contribution < -0.4 is 5.73 Å². The minimum Gasteiger partial charge on any atom is -0.507 e. The van der Waals surface area contributed by atoms with E-state index in [2.05, 4.69) is 20.2 Å². The van der Waals surface area contributed by atoms with Crippen molar-refractivity contribution in [2.45, 2.75) is 38.6 Å². The zero-order valence-corrected chi connectivity index (χ0v) is 17.7. The number of piperidine rings is 1. The maximum Gasteiger partial charge on any atom is 0.305 e. The first-order valence-electron chi connectivity index (χ1n) is 10.7. The molecule has 0 saturated carbocycles. The molecule has 0 spiro atoms. The summed E-state index contributed by atoms with van der Waals surface area (Å²) in [6.45, 7) is 5.00. The highest BCUT2D eigenvalue weighted by atomic mass is 16.5. The van der Waals surface area contributed by atoms with Crippen molar-refractivity contribution in [2.75, 3.05) is 32.0 Å². The lowest BCUT2D eigenvalue weighted by atomic mass is 10.0. The molecule has 164 valence electrons. The summed E-state index contributed by atoms with van der Waals surface area (Å²) in [6.07, 6.45) is 3.14. The number of anilines is 1. The molecule has 0 aliphatic carbocycles. The summed E-state index contributed by atoms with van der Waals surface area (Å²) in [7, 11) is 0. The first-order valence-corrected chi connectivity index (χ1v) is 10.7. The summed E-state index contributed by atoms with van der Waals surface area (Å²) in [5, 5.41) is 23.2. The number of phenols is 1. The van der Waals surface area contributed by atoms with E-state index >= 15 is 0 Å². The lowest BCUT2D eigenvalue weighted by Crippen LogP contribution is -2.35. The molecule has 1 aliphatic rings. The van der Waals surface area contributed by atoms with Gasteiger partial charge in [-0.25, -0.2) is 0 Å². The molecule has 9 nitrogen and oxygen atoms in total. The Morgan fingerprint density at radius 2 is 2.03 bits per heavy atom. The molecule has 1 aliphatic heterocycles. The number of hydrogen-bond acceptors (Lipinski definition) is 8. The predicted octanol–water partition coefficient (Wildman–Crippen LogP) is 2.76. The number of aromatic nitrogens is 4. The number of carbonyl (C=O) groups is 1. The van der Waals surface area contributed by atoms with Crippen molar-refractivity contribution in [3.05, 3.63) is 30.3 Å². The molecule has 1 fully saturated rings. The van der Waals surface area contributed by atoms with Gasteiger partial charge in [0.05, 0.1) is 23.9 Å². The van der Waals surface area contributed by atoms with E-state index in [1.165, 1.54) is 0 Å². The number of phenolic OH excluding ortho intramolecular Hbond substituents is 1. The van der Waals surface area contributed by atoms with Gasteiger partial charge in [-0.2, -0.15) is 5.10 Å². The average molecular weight is 425 g/mol. The molecule has 4 rings (SSSR count). The highest BCUT2D eigenvalue weighted by Crippen LogP contribution is 2.32. The second kappa shape index (κ2) is 9.30. The molecular formula is C22H28N6O3. The van der Waals surface area contributed by atoms with Gasteiger partial charge in [0, 0.05) is 25.1 Å². The monoisotopic (exact) mass is 424 g/mol. The van der Waals surface area contributed by atoms with Crippen LogP contribution in [0.4, 0.5) is 5.82 Å². The van der Waals surface area contributed by atoms with Crippen LogP contribution in [0, 0.1) is 0 Å². The molecule has 9 heteroatoms. The van der Waals surface area contributed by atoms with E-state index < -0.39 is 0 Å². The van der Waals surface area contributed by atoms with Crippen molar-refractivity contribution in [2.24, 2.45) is 0 Å². The zero-order valence-electron chi connectivity index (χ0n) is 17.7. The molecule has 1 aromatic carbocycles. The van der Waals surface area contributed by atoms with Crippen LogP contribution in [0.3, 0.4) is 0 Å². The van der Waals surface area contributed by atoms with Crippen molar-refractivity contribution in [1.29, 1.82) is 0 Å². The average Bonchev–Trinajstić information content (AvgIpc) is 3.11. The van der Waals surface area contributed by atoms with Gasteiger partial charge >= 0.3 is 5.97 Å². The molecule has 31 heavy (non-hydrogen) atoms. The first kappa shape index (κ1) is 21.0. The van der Waals surface area contributed by atoms with Gasteiger partial charge in [0.25, 0.3) is 0 Å². The highest BCUT2D eigenvalue weighted by molar-refractivity contribution is 5.87. The molecule has 1 saturated heterocycles. The van der Waals surface area contributed by atoms with Crippen molar-refractivity contribution < 1.29 is 14.6 Å². The van der Waals surface area contributed by atoms with Gasteiger partial charge in [0.2, 0.25) is 0 Å². The lowest BCUT2D eigenvalue weighted by molar-refractivity contribution is -0.143. The fourth-order valence-electron chi connectivity index (χ4n) is 4.12. The predicted molar refractivity (Wildman–Crippen MR) is 117 cm³/mol. The topological polar surface area (TPSA) is 119 Å². The van der Waals surface area contributed by atoms with Gasteiger partial charge in [0.15, 0.2) is 11.3 Å². The minimum absolute atomic E-state index is 0.128. The molecule has 3 aromatic rings. The van der Waals surface area contributed by atoms with Crippen LogP contribution in [0.2, 0.25) is 0 Å². The van der Waals surface area contributed by atoms with E-state index in [4.69, 9.17) is 10.5 Å². The number of fused-ring (bicyclic) bond motifs is 1. The van der Waals surface area contributed by atoms with E-state index in [9.17, 15) is 9.90 Å². The van der Waals surface area contributed by atoms with Gasteiger partial charge in [-0.05, 0) is 50.9 Å². The van der Waals surface area contributed by atoms with Gasteiger partial charge in [-0.15, -0.1) is 10.2 Å². The quantitative estimate of drug-likeness (QED) is 0.556. The number of hydrogen-bond donors (Lipinski definition) is 2. The summed E-state index contributed by atoms with van der Waals surface area (Å²) in [5.74, 6) is 0.395. The van der Waals surface area contributed by atoms with Gasteiger partial charge in [-0.3, -0.25) is 9.48 Å². The Labute approximate surface area is 180 Å². The molecule has 0 bridgehead atoms. The molecule has 0 atom stereocenters. The maximum atomic E-state index is 11.5. The van der Waals surface area contributed by atoms with Crippen molar-refractivity contribution in [3.63, 3.8) is 0 Å². The molecule has 0 unspecified atom stereocenters. The van der Waals surface area contributed by atoms with E-state index in [1.54, 1.807) is 12.1 Å².